The van der Waals surface area contributed by atoms with E-state index in [2.05, 4.69) is 31.4 Å². The van der Waals surface area contributed by atoms with Crippen LogP contribution in [0.2, 0.25) is 0 Å². The number of benzene rings is 2. The minimum atomic E-state index is -0.675. The smallest absolute Gasteiger partial charge is 0.314 e. The van der Waals surface area contributed by atoms with Gasteiger partial charge in [0.25, 0.3) is 0 Å². The van der Waals surface area contributed by atoms with E-state index < -0.39 is 11.8 Å². The number of amides is 2. The lowest BCUT2D eigenvalue weighted by molar-refractivity contribution is -0.133. The Labute approximate surface area is 143 Å². The van der Waals surface area contributed by atoms with Crippen molar-refractivity contribution >= 4 is 23.2 Å². The summed E-state index contributed by atoms with van der Waals surface area (Å²) >= 11 is 0. The maximum absolute atomic E-state index is 12.3. The molecule has 0 aromatic heterocycles. The molecular formula is C20H24N2O2. The predicted octanol–water partition coefficient (Wildman–Crippen LogP) is 4.18. The highest BCUT2D eigenvalue weighted by Gasteiger charge is 2.21. The zero-order chi connectivity index (χ0) is 17.9. The Kier molecular flexibility index (Phi) is 5.07. The van der Waals surface area contributed by atoms with Gasteiger partial charge in [0.1, 0.15) is 0 Å². The molecule has 0 unspecified atom stereocenters. The average molecular weight is 324 g/mol. The van der Waals surface area contributed by atoms with Crippen molar-refractivity contribution in [3.05, 3.63) is 59.2 Å². The molecule has 0 saturated carbocycles. The first kappa shape index (κ1) is 17.7. The van der Waals surface area contributed by atoms with Gasteiger partial charge in [-0.05, 0) is 42.5 Å². The molecule has 24 heavy (non-hydrogen) atoms. The maximum Gasteiger partial charge on any atom is 0.314 e. The van der Waals surface area contributed by atoms with Gasteiger partial charge < -0.3 is 10.6 Å². The first-order chi connectivity index (χ1) is 11.2. The van der Waals surface area contributed by atoms with Gasteiger partial charge in [0.15, 0.2) is 0 Å². The van der Waals surface area contributed by atoms with Gasteiger partial charge in [-0.3, -0.25) is 9.59 Å². The van der Waals surface area contributed by atoms with Crippen molar-refractivity contribution in [2.75, 3.05) is 10.6 Å². The fourth-order valence-electron chi connectivity index (χ4n) is 2.56. The third-order valence-electron chi connectivity index (χ3n) is 3.82. The minimum absolute atomic E-state index is 0.131. The highest BCUT2D eigenvalue weighted by atomic mass is 16.2. The highest BCUT2D eigenvalue weighted by Crippen LogP contribution is 2.29. The van der Waals surface area contributed by atoms with Crippen LogP contribution >= 0.6 is 0 Å². The molecule has 4 nitrogen and oxygen atoms in total. The van der Waals surface area contributed by atoms with Gasteiger partial charge in [0.2, 0.25) is 0 Å². The Morgan fingerprint density at radius 1 is 0.833 bits per heavy atom. The molecule has 0 aliphatic carbocycles. The van der Waals surface area contributed by atoms with Crippen molar-refractivity contribution in [3.63, 3.8) is 0 Å². The van der Waals surface area contributed by atoms with Crippen LogP contribution in [-0.4, -0.2) is 11.8 Å². The maximum atomic E-state index is 12.3. The summed E-state index contributed by atoms with van der Waals surface area (Å²) in [5, 5.41) is 5.38. The number of aryl methyl sites for hydroxylation is 2. The van der Waals surface area contributed by atoms with E-state index in [1.54, 1.807) is 6.07 Å². The summed E-state index contributed by atoms with van der Waals surface area (Å²) in [6.45, 7) is 10.1. The highest BCUT2D eigenvalue weighted by molar-refractivity contribution is 6.43. The molecule has 0 aliphatic rings. The molecule has 2 aromatic carbocycles. The van der Waals surface area contributed by atoms with Crippen LogP contribution in [0.4, 0.5) is 11.4 Å². The Bertz CT molecular complexity index is 773. The van der Waals surface area contributed by atoms with E-state index in [9.17, 15) is 9.59 Å². The number of carbonyl (C=O) groups excluding carboxylic acids is 2. The molecular weight excluding hydrogens is 300 g/mol. The van der Waals surface area contributed by atoms with Gasteiger partial charge >= 0.3 is 11.8 Å². The molecule has 0 fully saturated rings. The fraction of sp³-hybridized carbons (Fsp3) is 0.300. The fourth-order valence-corrected chi connectivity index (χ4v) is 2.56. The van der Waals surface area contributed by atoms with Crippen molar-refractivity contribution in [1.82, 2.24) is 0 Å². The van der Waals surface area contributed by atoms with Crippen molar-refractivity contribution in [2.45, 2.75) is 40.0 Å². The lowest BCUT2D eigenvalue weighted by Gasteiger charge is -2.22. The van der Waals surface area contributed by atoms with Crippen molar-refractivity contribution in [3.8, 4) is 0 Å². The third kappa shape index (κ3) is 4.22. The Balaban J connectivity index is 2.14. The van der Waals surface area contributed by atoms with E-state index in [0.29, 0.717) is 11.4 Å². The zero-order valence-corrected chi connectivity index (χ0v) is 14.9. The van der Waals surface area contributed by atoms with Crippen LogP contribution in [0.25, 0.3) is 0 Å². The van der Waals surface area contributed by atoms with Crippen LogP contribution in [-0.2, 0) is 15.0 Å². The van der Waals surface area contributed by atoms with E-state index in [-0.39, 0.29) is 5.41 Å². The summed E-state index contributed by atoms with van der Waals surface area (Å²) in [6, 6.07) is 13.2. The van der Waals surface area contributed by atoms with Crippen molar-refractivity contribution in [1.29, 1.82) is 0 Å². The molecule has 0 aliphatic heterocycles. The predicted molar refractivity (Wildman–Crippen MR) is 98.3 cm³/mol. The zero-order valence-electron chi connectivity index (χ0n) is 14.9. The van der Waals surface area contributed by atoms with Gasteiger partial charge in [-0.2, -0.15) is 0 Å². The Morgan fingerprint density at radius 3 is 2.00 bits per heavy atom. The third-order valence-corrected chi connectivity index (χ3v) is 3.82. The van der Waals surface area contributed by atoms with Crippen LogP contribution in [0.3, 0.4) is 0 Å². The molecule has 2 rings (SSSR count). The molecule has 126 valence electrons. The number of hydrogen-bond acceptors (Lipinski definition) is 2. The van der Waals surface area contributed by atoms with Crippen LogP contribution in [0.1, 0.15) is 37.5 Å². The summed E-state index contributed by atoms with van der Waals surface area (Å²) in [5.41, 5.74) is 4.18. The topological polar surface area (TPSA) is 58.2 Å². The Morgan fingerprint density at radius 2 is 1.42 bits per heavy atom. The summed E-state index contributed by atoms with van der Waals surface area (Å²) in [5.74, 6) is -1.35. The standard InChI is InChI=1S/C20H24N2O2/c1-13-10-11-16(14(2)12-13)21-18(23)19(24)22-17-9-7-6-8-15(17)20(3,4)5/h6-12H,1-5H3,(H,21,23)(H,22,24). The molecule has 0 radical (unpaired) electrons. The first-order valence-electron chi connectivity index (χ1n) is 7.97. The number of rotatable bonds is 2. The number of nitrogens with one attached hydrogen (secondary N) is 2. The van der Waals surface area contributed by atoms with E-state index in [0.717, 1.165) is 16.7 Å². The number of hydrogen-bond donors (Lipinski definition) is 2. The molecule has 2 amide bonds. The summed E-state index contributed by atoms with van der Waals surface area (Å²) in [7, 11) is 0. The van der Waals surface area contributed by atoms with Crippen LogP contribution in [0.15, 0.2) is 42.5 Å². The van der Waals surface area contributed by atoms with Gasteiger partial charge in [-0.25, -0.2) is 0 Å². The lowest BCUT2D eigenvalue weighted by atomic mass is 9.86. The summed E-state index contributed by atoms with van der Waals surface area (Å²) in [4.78, 5) is 24.4. The van der Waals surface area contributed by atoms with E-state index in [4.69, 9.17) is 0 Å². The molecule has 2 aromatic rings. The van der Waals surface area contributed by atoms with Gasteiger partial charge in [0.05, 0.1) is 0 Å². The number of carbonyl (C=O) groups is 2. The van der Waals surface area contributed by atoms with E-state index in [1.807, 2.05) is 50.2 Å². The normalized spacial score (nSPS) is 11.0. The van der Waals surface area contributed by atoms with Crippen molar-refractivity contribution in [2.24, 2.45) is 0 Å². The molecule has 0 heterocycles. The second-order valence-corrected chi connectivity index (χ2v) is 7.02. The van der Waals surface area contributed by atoms with E-state index >= 15 is 0 Å². The van der Waals surface area contributed by atoms with Crippen LogP contribution in [0.5, 0.6) is 0 Å². The van der Waals surface area contributed by atoms with Gasteiger partial charge in [-0.15, -0.1) is 0 Å². The minimum Gasteiger partial charge on any atom is -0.318 e. The molecule has 0 bridgehead atoms. The molecule has 0 atom stereocenters. The molecule has 2 N–H and O–H groups in total. The van der Waals surface area contributed by atoms with Crippen LogP contribution in [0, 0.1) is 13.8 Å². The molecule has 0 saturated heterocycles. The lowest BCUT2D eigenvalue weighted by Crippen LogP contribution is -2.30. The molecule has 4 heteroatoms. The average Bonchev–Trinajstić information content (AvgIpc) is 2.49. The number of anilines is 2. The number of para-hydroxylation sites is 1. The Hall–Kier alpha value is -2.62. The summed E-state index contributed by atoms with van der Waals surface area (Å²) in [6.07, 6.45) is 0. The van der Waals surface area contributed by atoms with Crippen LogP contribution < -0.4 is 10.6 Å². The summed E-state index contributed by atoms with van der Waals surface area (Å²) < 4.78 is 0. The quantitative estimate of drug-likeness (QED) is 0.814. The first-order valence-corrected chi connectivity index (χ1v) is 7.97. The van der Waals surface area contributed by atoms with Gasteiger partial charge in [-0.1, -0.05) is 56.7 Å². The largest absolute Gasteiger partial charge is 0.318 e. The van der Waals surface area contributed by atoms with Crippen molar-refractivity contribution < 1.29 is 9.59 Å². The van der Waals surface area contributed by atoms with E-state index in [1.165, 1.54) is 0 Å². The second kappa shape index (κ2) is 6.87. The van der Waals surface area contributed by atoms with Gasteiger partial charge in [0, 0.05) is 11.4 Å². The SMILES string of the molecule is Cc1ccc(NC(=O)C(=O)Nc2ccccc2C(C)(C)C)c(C)c1. The molecule has 0 spiro atoms. The second-order valence-electron chi connectivity index (χ2n) is 7.02. The monoisotopic (exact) mass is 324 g/mol.